The molecule has 23 heavy (non-hydrogen) atoms. The Morgan fingerprint density at radius 3 is 3.13 bits per heavy atom. The first-order chi connectivity index (χ1) is 11.1. The summed E-state index contributed by atoms with van der Waals surface area (Å²) in [6.07, 6.45) is 3.41. The van der Waals surface area contributed by atoms with Crippen LogP contribution in [-0.4, -0.2) is 78.5 Å². The maximum Gasteiger partial charge on any atom is 0.243 e. The van der Waals surface area contributed by atoms with Gasteiger partial charge in [-0.3, -0.25) is 4.79 Å². The number of methoxy groups -OCH3 is 1. The van der Waals surface area contributed by atoms with Crippen molar-refractivity contribution in [3.05, 3.63) is 12.2 Å². The van der Waals surface area contributed by atoms with E-state index in [1.165, 1.54) is 4.90 Å². The second-order valence-corrected chi connectivity index (χ2v) is 5.61. The van der Waals surface area contributed by atoms with Gasteiger partial charge in [0.15, 0.2) is 5.96 Å². The van der Waals surface area contributed by atoms with Gasteiger partial charge in [-0.2, -0.15) is 5.10 Å². The van der Waals surface area contributed by atoms with E-state index >= 15 is 0 Å². The fourth-order valence-corrected chi connectivity index (χ4v) is 2.26. The summed E-state index contributed by atoms with van der Waals surface area (Å²) in [6, 6.07) is 0.201. The molecule has 2 N–H and O–H groups in total. The standard InChI is InChI=1S/C14H25N7O2/c1-20(2)13(22)8-16-14(15-6-7-23-3)19-11-4-5-12-17-10-18-21(12)9-11/h10-11H,4-9H2,1-3H3,(H2,15,16,19). The zero-order valence-electron chi connectivity index (χ0n) is 13.9. The number of hydrogen-bond donors (Lipinski definition) is 2. The van der Waals surface area contributed by atoms with Gasteiger partial charge in [0.25, 0.3) is 0 Å². The predicted molar refractivity (Wildman–Crippen MR) is 86.1 cm³/mol. The lowest BCUT2D eigenvalue weighted by molar-refractivity contribution is -0.127. The molecule has 0 saturated heterocycles. The van der Waals surface area contributed by atoms with Crippen LogP contribution in [0.1, 0.15) is 12.2 Å². The van der Waals surface area contributed by atoms with Gasteiger partial charge in [-0.05, 0) is 6.42 Å². The largest absolute Gasteiger partial charge is 0.383 e. The second kappa shape index (κ2) is 8.47. The van der Waals surface area contributed by atoms with E-state index in [4.69, 9.17) is 4.74 Å². The molecule has 1 atom stereocenters. The number of rotatable bonds is 6. The third-order valence-electron chi connectivity index (χ3n) is 3.62. The minimum atomic E-state index is -0.0416. The summed E-state index contributed by atoms with van der Waals surface area (Å²) in [5, 5.41) is 10.8. The van der Waals surface area contributed by atoms with Crippen LogP contribution < -0.4 is 10.6 Å². The lowest BCUT2D eigenvalue weighted by atomic mass is 10.1. The predicted octanol–water partition coefficient (Wildman–Crippen LogP) is -1.14. The number of nitrogens with zero attached hydrogens (tertiary/aromatic N) is 5. The van der Waals surface area contributed by atoms with Crippen LogP contribution in [0.5, 0.6) is 0 Å². The molecule has 9 nitrogen and oxygen atoms in total. The minimum absolute atomic E-state index is 0.0416. The van der Waals surface area contributed by atoms with Crippen LogP contribution in [0.4, 0.5) is 0 Å². The van der Waals surface area contributed by atoms with Crippen LogP contribution in [0.2, 0.25) is 0 Å². The summed E-state index contributed by atoms with van der Waals surface area (Å²) in [5.41, 5.74) is 0. The molecule has 1 amide bonds. The molecule has 0 radical (unpaired) electrons. The fourth-order valence-electron chi connectivity index (χ4n) is 2.26. The normalized spacial score (nSPS) is 17.5. The van der Waals surface area contributed by atoms with Crippen LogP contribution >= 0.6 is 0 Å². The smallest absolute Gasteiger partial charge is 0.243 e. The number of amides is 1. The van der Waals surface area contributed by atoms with Crippen LogP contribution in [0.15, 0.2) is 11.3 Å². The van der Waals surface area contributed by atoms with Crippen LogP contribution in [0.3, 0.4) is 0 Å². The monoisotopic (exact) mass is 323 g/mol. The maximum atomic E-state index is 11.7. The Labute approximate surface area is 136 Å². The number of nitrogens with one attached hydrogen (secondary N) is 2. The van der Waals surface area contributed by atoms with Gasteiger partial charge in [-0.25, -0.2) is 14.7 Å². The van der Waals surface area contributed by atoms with Crippen molar-refractivity contribution < 1.29 is 9.53 Å². The average molecular weight is 323 g/mol. The number of hydrogen-bond acceptors (Lipinski definition) is 5. The van der Waals surface area contributed by atoms with Crippen molar-refractivity contribution in [3.63, 3.8) is 0 Å². The molecule has 0 saturated carbocycles. The number of ether oxygens (including phenoxy) is 1. The van der Waals surface area contributed by atoms with Crippen molar-refractivity contribution in [1.29, 1.82) is 0 Å². The molecule has 1 aliphatic heterocycles. The molecule has 1 aromatic heterocycles. The van der Waals surface area contributed by atoms with Gasteiger partial charge in [0.05, 0.1) is 13.2 Å². The Kier molecular flexibility index (Phi) is 6.33. The van der Waals surface area contributed by atoms with E-state index in [9.17, 15) is 4.79 Å². The van der Waals surface area contributed by atoms with Crippen LogP contribution in [-0.2, 0) is 22.5 Å². The number of aromatic nitrogens is 3. The average Bonchev–Trinajstić information content (AvgIpc) is 2.99. The van der Waals surface area contributed by atoms with Crippen molar-refractivity contribution >= 4 is 11.9 Å². The van der Waals surface area contributed by atoms with Crippen molar-refractivity contribution in [2.24, 2.45) is 4.99 Å². The van der Waals surface area contributed by atoms with E-state index in [0.29, 0.717) is 19.1 Å². The first-order valence-electron chi connectivity index (χ1n) is 7.70. The molecule has 128 valence electrons. The van der Waals surface area contributed by atoms with Crippen molar-refractivity contribution in [3.8, 4) is 0 Å². The summed E-state index contributed by atoms with van der Waals surface area (Å²) in [7, 11) is 5.09. The first-order valence-corrected chi connectivity index (χ1v) is 7.70. The zero-order valence-corrected chi connectivity index (χ0v) is 13.9. The molecule has 0 spiro atoms. The Bertz CT molecular complexity index is 541. The van der Waals surface area contributed by atoms with Crippen LogP contribution in [0.25, 0.3) is 0 Å². The zero-order chi connectivity index (χ0) is 16.7. The second-order valence-electron chi connectivity index (χ2n) is 5.61. The molecule has 0 fully saturated rings. The number of aryl methyl sites for hydroxylation is 1. The Hall–Kier alpha value is -2.16. The molecule has 1 aliphatic rings. The van der Waals surface area contributed by atoms with Crippen LogP contribution in [0, 0.1) is 0 Å². The molecule has 1 aromatic rings. The van der Waals surface area contributed by atoms with E-state index < -0.39 is 0 Å². The summed E-state index contributed by atoms with van der Waals surface area (Å²) < 4.78 is 6.94. The van der Waals surface area contributed by atoms with E-state index in [2.05, 4.69) is 25.7 Å². The number of guanidine groups is 1. The third-order valence-corrected chi connectivity index (χ3v) is 3.62. The van der Waals surface area contributed by atoms with E-state index in [1.807, 2.05) is 4.68 Å². The highest BCUT2D eigenvalue weighted by molar-refractivity contribution is 5.84. The molecule has 1 unspecified atom stereocenters. The van der Waals surface area contributed by atoms with Gasteiger partial charge in [-0.15, -0.1) is 0 Å². The molecule has 2 heterocycles. The lowest BCUT2D eigenvalue weighted by Gasteiger charge is -2.25. The highest BCUT2D eigenvalue weighted by atomic mass is 16.5. The summed E-state index contributed by atoms with van der Waals surface area (Å²) in [4.78, 5) is 21.8. The first kappa shape index (κ1) is 17.2. The van der Waals surface area contributed by atoms with Crippen molar-refractivity contribution in [2.45, 2.75) is 25.4 Å². The quantitative estimate of drug-likeness (QED) is 0.390. The molecular weight excluding hydrogens is 298 g/mol. The highest BCUT2D eigenvalue weighted by Gasteiger charge is 2.20. The van der Waals surface area contributed by atoms with Gasteiger partial charge in [-0.1, -0.05) is 0 Å². The van der Waals surface area contributed by atoms with Gasteiger partial charge in [0.1, 0.15) is 18.7 Å². The Morgan fingerprint density at radius 1 is 1.57 bits per heavy atom. The van der Waals surface area contributed by atoms with Gasteiger partial charge < -0.3 is 20.3 Å². The minimum Gasteiger partial charge on any atom is -0.383 e. The number of aliphatic imine (C=N–C) groups is 1. The molecule has 0 aromatic carbocycles. The molecule has 2 rings (SSSR count). The number of fused-ring (bicyclic) bond motifs is 1. The SMILES string of the molecule is COCCNC(=NCC(=O)N(C)C)NC1CCc2ncnn2C1. The number of carbonyl (C=O) groups excluding carboxylic acids is 1. The highest BCUT2D eigenvalue weighted by Crippen LogP contribution is 2.11. The van der Waals surface area contributed by atoms with Gasteiger partial charge in [0.2, 0.25) is 5.91 Å². The molecular formula is C14H25N7O2. The molecule has 0 aliphatic carbocycles. The summed E-state index contributed by atoms with van der Waals surface area (Å²) >= 11 is 0. The van der Waals surface area contributed by atoms with E-state index in [1.54, 1.807) is 27.5 Å². The number of likely N-dealkylation sites (N-methyl/N-ethyl adjacent to an activating group) is 1. The third kappa shape index (κ3) is 5.20. The lowest BCUT2D eigenvalue weighted by Crippen LogP contribution is -2.48. The molecule has 0 bridgehead atoms. The molecule has 9 heteroatoms. The van der Waals surface area contributed by atoms with Crippen molar-refractivity contribution in [1.82, 2.24) is 30.3 Å². The summed E-state index contributed by atoms with van der Waals surface area (Å²) in [6.45, 7) is 2.04. The summed E-state index contributed by atoms with van der Waals surface area (Å²) in [5.74, 6) is 1.59. The maximum absolute atomic E-state index is 11.7. The fraction of sp³-hybridized carbons (Fsp3) is 0.714. The Balaban J connectivity index is 1.93. The Morgan fingerprint density at radius 2 is 2.39 bits per heavy atom. The van der Waals surface area contributed by atoms with E-state index in [-0.39, 0.29) is 18.5 Å². The number of carbonyl (C=O) groups is 1. The van der Waals surface area contributed by atoms with Gasteiger partial charge >= 0.3 is 0 Å². The topological polar surface area (TPSA) is 96.7 Å². The van der Waals surface area contributed by atoms with E-state index in [0.717, 1.165) is 25.2 Å². The van der Waals surface area contributed by atoms with Crippen molar-refractivity contribution in [2.75, 3.05) is 40.9 Å². The van der Waals surface area contributed by atoms with Gasteiger partial charge in [0, 0.05) is 40.2 Å².